The first-order valence-corrected chi connectivity index (χ1v) is 9.96. The number of carbonyl (C=O) groups is 1. The van der Waals surface area contributed by atoms with Crippen LogP contribution in [0.5, 0.6) is 0 Å². The van der Waals surface area contributed by atoms with Crippen molar-refractivity contribution in [3.63, 3.8) is 0 Å². The minimum absolute atomic E-state index is 0.0575. The van der Waals surface area contributed by atoms with Crippen molar-refractivity contribution in [1.29, 1.82) is 0 Å². The molecule has 2 aromatic carbocycles. The predicted molar refractivity (Wildman–Crippen MR) is 96.6 cm³/mol. The van der Waals surface area contributed by atoms with Crippen LogP contribution < -0.4 is 0 Å². The van der Waals surface area contributed by atoms with Gasteiger partial charge in [-0.3, -0.25) is 4.79 Å². The lowest BCUT2D eigenvalue weighted by Gasteiger charge is -2.22. The molecule has 0 radical (unpaired) electrons. The molecule has 0 spiro atoms. The van der Waals surface area contributed by atoms with E-state index in [1.165, 1.54) is 6.26 Å². The van der Waals surface area contributed by atoms with E-state index in [0.717, 1.165) is 11.1 Å². The molecule has 0 heterocycles. The summed E-state index contributed by atoms with van der Waals surface area (Å²) in [7, 11) is -3.12. The maximum Gasteiger partial charge on any atom is 0.254 e. The first-order valence-electron chi connectivity index (χ1n) is 7.90. The van der Waals surface area contributed by atoms with E-state index >= 15 is 0 Å². The quantitative estimate of drug-likeness (QED) is 0.808. The lowest BCUT2D eigenvalue weighted by molar-refractivity contribution is 0.0752. The Labute approximate surface area is 144 Å². The van der Waals surface area contributed by atoms with E-state index in [1.54, 1.807) is 29.2 Å². The van der Waals surface area contributed by atoms with Gasteiger partial charge in [-0.25, -0.2) is 8.42 Å². The summed E-state index contributed by atoms with van der Waals surface area (Å²) in [6.07, 6.45) is 1.19. The summed E-state index contributed by atoms with van der Waals surface area (Å²) in [5, 5.41) is 0. The van der Waals surface area contributed by atoms with Gasteiger partial charge in [-0.1, -0.05) is 36.4 Å². The number of rotatable bonds is 6. The van der Waals surface area contributed by atoms with Crippen molar-refractivity contribution in [3.05, 3.63) is 70.8 Å². The highest BCUT2D eigenvalue weighted by Crippen LogP contribution is 2.15. The highest BCUT2D eigenvalue weighted by Gasteiger charge is 2.16. The fraction of sp³-hybridized carbons (Fsp3) is 0.316. The third-order valence-electron chi connectivity index (χ3n) is 3.89. The van der Waals surface area contributed by atoms with Crippen molar-refractivity contribution >= 4 is 15.7 Å². The number of hydrogen-bond acceptors (Lipinski definition) is 3. The van der Waals surface area contributed by atoms with Crippen LogP contribution in [0.2, 0.25) is 0 Å². The van der Waals surface area contributed by atoms with E-state index in [9.17, 15) is 13.2 Å². The zero-order chi connectivity index (χ0) is 17.7. The summed E-state index contributed by atoms with van der Waals surface area (Å²) in [5.74, 6) is -0.144. The van der Waals surface area contributed by atoms with Crippen LogP contribution in [0.25, 0.3) is 0 Å². The Morgan fingerprint density at radius 1 is 1.08 bits per heavy atom. The summed E-state index contributed by atoms with van der Waals surface area (Å²) >= 11 is 0. The monoisotopic (exact) mass is 345 g/mol. The normalized spacial score (nSPS) is 11.3. The number of sulfone groups is 1. The highest BCUT2D eigenvalue weighted by molar-refractivity contribution is 7.89. The van der Waals surface area contributed by atoms with Gasteiger partial charge in [0.1, 0.15) is 0 Å². The van der Waals surface area contributed by atoms with Crippen LogP contribution in [0.15, 0.2) is 48.5 Å². The van der Waals surface area contributed by atoms with E-state index in [2.05, 4.69) is 0 Å². The molecule has 0 aromatic heterocycles. The largest absolute Gasteiger partial charge is 0.335 e. The standard InChI is InChI=1S/C19H23NO3S/c1-4-20(13-18-10-6-5-8-15(18)2)19(21)17-11-7-9-16(12-17)14-24(3,22)23/h5-12H,4,13-14H2,1-3H3. The van der Waals surface area contributed by atoms with Gasteiger partial charge in [-0.15, -0.1) is 0 Å². The molecule has 4 nitrogen and oxygen atoms in total. The fourth-order valence-corrected chi connectivity index (χ4v) is 3.38. The van der Waals surface area contributed by atoms with Gasteiger partial charge in [0.2, 0.25) is 0 Å². The van der Waals surface area contributed by atoms with Crippen LogP contribution >= 0.6 is 0 Å². The number of benzene rings is 2. The lowest BCUT2D eigenvalue weighted by atomic mass is 10.1. The predicted octanol–water partition coefficient (Wildman–Crippen LogP) is 3.20. The molecule has 0 aliphatic carbocycles. The smallest absolute Gasteiger partial charge is 0.254 e. The van der Waals surface area contributed by atoms with E-state index in [4.69, 9.17) is 0 Å². The van der Waals surface area contributed by atoms with E-state index < -0.39 is 9.84 Å². The van der Waals surface area contributed by atoms with E-state index in [0.29, 0.717) is 24.2 Å². The minimum atomic E-state index is -3.12. The summed E-state index contributed by atoms with van der Waals surface area (Å²) in [6, 6.07) is 14.9. The van der Waals surface area contributed by atoms with Crippen molar-refractivity contribution in [1.82, 2.24) is 4.90 Å². The molecule has 0 bridgehead atoms. The lowest BCUT2D eigenvalue weighted by Crippen LogP contribution is -2.30. The van der Waals surface area contributed by atoms with Crippen LogP contribution in [0.1, 0.15) is 34.0 Å². The molecule has 2 aromatic rings. The molecular formula is C19H23NO3S. The van der Waals surface area contributed by atoms with Crippen LogP contribution in [0, 0.1) is 6.92 Å². The minimum Gasteiger partial charge on any atom is -0.335 e. The number of hydrogen-bond donors (Lipinski definition) is 0. The average Bonchev–Trinajstić information content (AvgIpc) is 2.52. The van der Waals surface area contributed by atoms with Crippen LogP contribution in [0.3, 0.4) is 0 Å². The summed E-state index contributed by atoms with van der Waals surface area (Å²) in [4.78, 5) is 14.6. The second kappa shape index (κ2) is 7.62. The van der Waals surface area contributed by atoms with Crippen molar-refractivity contribution in [3.8, 4) is 0 Å². The molecule has 0 saturated heterocycles. The van der Waals surface area contributed by atoms with Crippen LogP contribution in [-0.2, 0) is 22.1 Å². The van der Waals surface area contributed by atoms with Gasteiger partial charge in [0.25, 0.3) is 5.91 Å². The Bertz CT molecular complexity index is 828. The Kier molecular flexibility index (Phi) is 5.78. The van der Waals surface area contributed by atoms with Crippen LogP contribution in [0.4, 0.5) is 0 Å². The molecule has 0 fully saturated rings. The molecule has 2 rings (SSSR count). The second-order valence-corrected chi connectivity index (χ2v) is 8.16. The van der Waals surface area contributed by atoms with E-state index in [-0.39, 0.29) is 11.7 Å². The SMILES string of the molecule is CCN(Cc1ccccc1C)C(=O)c1cccc(CS(C)(=O)=O)c1. The number of nitrogens with zero attached hydrogens (tertiary/aromatic N) is 1. The van der Waals surface area contributed by atoms with Gasteiger partial charge < -0.3 is 4.90 Å². The first-order chi connectivity index (χ1) is 11.3. The van der Waals surface area contributed by atoms with Gasteiger partial charge in [-0.2, -0.15) is 0 Å². The van der Waals surface area contributed by atoms with Crippen molar-refractivity contribution in [2.24, 2.45) is 0 Å². The number of aryl methyl sites for hydroxylation is 1. The molecular weight excluding hydrogens is 322 g/mol. The van der Waals surface area contributed by atoms with Crippen molar-refractivity contribution in [2.75, 3.05) is 12.8 Å². The van der Waals surface area contributed by atoms with Gasteiger partial charge in [0.05, 0.1) is 5.75 Å². The molecule has 0 atom stereocenters. The Morgan fingerprint density at radius 2 is 1.79 bits per heavy atom. The zero-order valence-corrected chi connectivity index (χ0v) is 15.1. The fourth-order valence-electron chi connectivity index (χ4n) is 2.60. The summed E-state index contributed by atoms with van der Waals surface area (Å²) < 4.78 is 22.9. The average molecular weight is 345 g/mol. The molecule has 24 heavy (non-hydrogen) atoms. The maximum atomic E-state index is 12.8. The highest BCUT2D eigenvalue weighted by atomic mass is 32.2. The first kappa shape index (κ1) is 18.2. The molecule has 0 N–H and O–H groups in total. The summed E-state index contributed by atoms with van der Waals surface area (Å²) in [5.41, 5.74) is 3.41. The Hall–Kier alpha value is -2.14. The molecule has 1 amide bonds. The zero-order valence-electron chi connectivity index (χ0n) is 14.3. The second-order valence-electron chi connectivity index (χ2n) is 6.02. The molecule has 5 heteroatoms. The van der Waals surface area contributed by atoms with Crippen molar-refractivity contribution in [2.45, 2.75) is 26.1 Å². The molecule has 128 valence electrons. The van der Waals surface area contributed by atoms with Gasteiger partial charge in [-0.05, 0) is 42.7 Å². The molecule has 0 aliphatic heterocycles. The van der Waals surface area contributed by atoms with E-state index in [1.807, 2.05) is 38.1 Å². The summed E-state index contributed by atoms with van der Waals surface area (Å²) in [6.45, 7) is 5.10. The van der Waals surface area contributed by atoms with Crippen molar-refractivity contribution < 1.29 is 13.2 Å². The Balaban J connectivity index is 2.22. The topological polar surface area (TPSA) is 54.5 Å². The third kappa shape index (κ3) is 4.93. The molecule has 0 aliphatic rings. The number of amides is 1. The molecule has 0 unspecified atom stereocenters. The van der Waals surface area contributed by atoms with Gasteiger partial charge in [0, 0.05) is 24.9 Å². The Morgan fingerprint density at radius 3 is 2.42 bits per heavy atom. The maximum absolute atomic E-state index is 12.8. The third-order valence-corrected chi connectivity index (χ3v) is 4.75. The van der Waals surface area contributed by atoms with Gasteiger partial charge in [0.15, 0.2) is 9.84 Å². The molecule has 0 saturated carbocycles. The number of carbonyl (C=O) groups excluding carboxylic acids is 1. The van der Waals surface area contributed by atoms with Crippen LogP contribution in [-0.4, -0.2) is 32.0 Å². The van der Waals surface area contributed by atoms with Gasteiger partial charge >= 0.3 is 0 Å².